The topological polar surface area (TPSA) is 75.6 Å². The highest BCUT2D eigenvalue weighted by Gasteiger charge is 2.22. The van der Waals surface area contributed by atoms with Gasteiger partial charge in [0.15, 0.2) is 0 Å². The van der Waals surface area contributed by atoms with E-state index < -0.39 is 5.97 Å². The molecular weight excluding hydrogens is 246 g/mol. The first-order valence-corrected chi connectivity index (χ1v) is 6.34. The van der Waals surface area contributed by atoms with Crippen LogP contribution in [0.1, 0.15) is 22.3 Å². The van der Waals surface area contributed by atoms with Crippen LogP contribution in [0.4, 0.5) is 0 Å². The maximum absolute atomic E-state index is 11.7. The molecule has 0 unspecified atom stereocenters. The summed E-state index contributed by atoms with van der Waals surface area (Å²) in [6.07, 6.45) is 1.48. The van der Waals surface area contributed by atoms with Gasteiger partial charge in [0.2, 0.25) is 5.91 Å². The van der Waals surface area contributed by atoms with Crippen molar-refractivity contribution in [3.8, 4) is 0 Å². The predicted octanol–water partition coefficient (Wildman–Crippen LogP) is 1.08. The number of carbonyl (C=O) groups excluding carboxylic acids is 1. The van der Waals surface area contributed by atoms with E-state index in [1.54, 1.807) is 24.3 Å². The number of rotatable bonds is 5. The van der Waals surface area contributed by atoms with E-state index in [-0.39, 0.29) is 17.4 Å². The number of aromatic carboxylic acids is 1. The molecule has 1 aliphatic rings. The predicted molar refractivity (Wildman–Crippen MR) is 69.0 cm³/mol. The lowest BCUT2D eigenvalue weighted by atomic mass is 10.1. The number of carboxylic acids is 1. The smallest absolute Gasteiger partial charge is 0.335 e. The third-order valence-electron chi connectivity index (χ3n) is 3.21. The average molecular weight is 263 g/mol. The summed E-state index contributed by atoms with van der Waals surface area (Å²) in [5, 5.41) is 11.7. The molecule has 1 aromatic rings. The normalized spacial score (nSPS) is 18.2. The number of hydrogen-bond acceptors (Lipinski definition) is 3. The minimum Gasteiger partial charge on any atom is -0.478 e. The van der Waals surface area contributed by atoms with Gasteiger partial charge in [0, 0.05) is 13.2 Å². The van der Waals surface area contributed by atoms with Crippen LogP contribution in [0.5, 0.6) is 0 Å². The number of benzene rings is 1. The first-order chi connectivity index (χ1) is 9.16. The third-order valence-corrected chi connectivity index (χ3v) is 3.21. The lowest BCUT2D eigenvalue weighted by Gasteiger charge is -2.09. The van der Waals surface area contributed by atoms with E-state index in [4.69, 9.17) is 9.84 Å². The zero-order valence-electron chi connectivity index (χ0n) is 10.6. The second-order valence-electron chi connectivity index (χ2n) is 4.60. The number of amides is 1. The highest BCUT2D eigenvalue weighted by Crippen LogP contribution is 2.12. The average Bonchev–Trinajstić information content (AvgIpc) is 2.93. The van der Waals surface area contributed by atoms with Crippen LogP contribution >= 0.6 is 0 Å². The molecule has 1 heterocycles. The van der Waals surface area contributed by atoms with E-state index in [1.165, 1.54) is 0 Å². The molecule has 19 heavy (non-hydrogen) atoms. The molecule has 0 radical (unpaired) electrons. The van der Waals surface area contributed by atoms with Gasteiger partial charge in [0.25, 0.3) is 0 Å². The lowest BCUT2D eigenvalue weighted by molar-refractivity contribution is -0.124. The summed E-state index contributed by atoms with van der Waals surface area (Å²) < 4.78 is 5.16. The Hall–Kier alpha value is -1.88. The van der Waals surface area contributed by atoms with Gasteiger partial charge < -0.3 is 15.2 Å². The summed E-state index contributed by atoms with van der Waals surface area (Å²) >= 11 is 0. The Morgan fingerprint density at radius 1 is 1.32 bits per heavy atom. The molecule has 1 atom stereocenters. The van der Waals surface area contributed by atoms with Crippen LogP contribution in [0, 0.1) is 5.92 Å². The van der Waals surface area contributed by atoms with Gasteiger partial charge in [-0.2, -0.15) is 0 Å². The monoisotopic (exact) mass is 263 g/mol. The van der Waals surface area contributed by atoms with Gasteiger partial charge in [-0.25, -0.2) is 4.79 Å². The van der Waals surface area contributed by atoms with Crippen molar-refractivity contribution in [1.29, 1.82) is 0 Å². The minimum atomic E-state index is -0.930. The maximum atomic E-state index is 11.7. The van der Waals surface area contributed by atoms with Crippen LogP contribution in [0.15, 0.2) is 24.3 Å². The fraction of sp³-hybridized carbons (Fsp3) is 0.429. The zero-order valence-corrected chi connectivity index (χ0v) is 10.6. The van der Waals surface area contributed by atoms with Crippen molar-refractivity contribution in [2.45, 2.75) is 12.8 Å². The molecule has 0 spiro atoms. The molecule has 1 aliphatic heterocycles. The number of carboxylic acid groups (broad SMARTS) is 1. The number of ether oxygens (including phenoxy) is 1. The Morgan fingerprint density at radius 3 is 2.63 bits per heavy atom. The van der Waals surface area contributed by atoms with Gasteiger partial charge in [-0.15, -0.1) is 0 Å². The van der Waals surface area contributed by atoms with Crippen LogP contribution < -0.4 is 5.32 Å². The van der Waals surface area contributed by atoms with Crippen molar-refractivity contribution in [1.82, 2.24) is 5.32 Å². The zero-order chi connectivity index (χ0) is 13.7. The molecule has 2 rings (SSSR count). The largest absolute Gasteiger partial charge is 0.478 e. The Balaban J connectivity index is 1.75. The van der Waals surface area contributed by atoms with Gasteiger partial charge in [-0.1, -0.05) is 12.1 Å². The Kier molecular flexibility index (Phi) is 4.52. The molecule has 102 valence electrons. The van der Waals surface area contributed by atoms with E-state index >= 15 is 0 Å². The molecule has 2 N–H and O–H groups in total. The molecule has 0 aromatic heterocycles. The highest BCUT2D eigenvalue weighted by atomic mass is 16.5. The van der Waals surface area contributed by atoms with Gasteiger partial charge in [-0.3, -0.25) is 4.79 Å². The number of hydrogen-bond donors (Lipinski definition) is 2. The van der Waals surface area contributed by atoms with E-state index in [2.05, 4.69) is 5.32 Å². The molecule has 0 saturated carbocycles. The van der Waals surface area contributed by atoms with E-state index in [9.17, 15) is 9.59 Å². The molecule has 1 fully saturated rings. The van der Waals surface area contributed by atoms with Gasteiger partial charge in [0.05, 0.1) is 18.1 Å². The molecule has 5 heteroatoms. The molecule has 0 bridgehead atoms. The van der Waals surface area contributed by atoms with E-state index in [1.807, 2.05) is 0 Å². The summed E-state index contributed by atoms with van der Waals surface area (Å²) in [6.45, 7) is 1.73. The van der Waals surface area contributed by atoms with Crippen LogP contribution in [-0.2, 0) is 16.0 Å². The number of carbonyl (C=O) groups is 2. The van der Waals surface area contributed by atoms with Crippen molar-refractivity contribution in [3.05, 3.63) is 35.4 Å². The molecular formula is C14H17NO4. The maximum Gasteiger partial charge on any atom is 0.335 e. The van der Waals surface area contributed by atoms with Crippen molar-refractivity contribution in [2.75, 3.05) is 19.8 Å². The summed E-state index contributed by atoms with van der Waals surface area (Å²) in [6, 6.07) is 6.69. The first kappa shape index (κ1) is 13.5. The van der Waals surface area contributed by atoms with Crippen LogP contribution in [0.3, 0.4) is 0 Å². The van der Waals surface area contributed by atoms with Crippen molar-refractivity contribution in [2.24, 2.45) is 5.92 Å². The van der Waals surface area contributed by atoms with Crippen molar-refractivity contribution in [3.63, 3.8) is 0 Å². The van der Waals surface area contributed by atoms with Crippen molar-refractivity contribution < 1.29 is 19.4 Å². The standard InChI is InChI=1S/C14H17NO4/c16-13(12-6-8-19-9-12)15-7-5-10-1-3-11(4-2-10)14(17)18/h1-4,12H,5-9H2,(H,15,16)(H,17,18)/t12-/m1/s1. The van der Waals surface area contributed by atoms with E-state index in [0.717, 1.165) is 12.0 Å². The Bertz CT molecular complexity index is 449. The second kappa shape index (κ2) is 6.33. The minimum absolute atomic E-state index is 0.0191. The third kappa shape index (κ3) is 3.79. The van der Waals surface area contributed by atoms with Crippen molar-refractivity contribution >= 4 is 11.9 Å². The fourth-order valence-electron chi connectivity index (χ4n) is 2.03. The summed E-state index contributed by atoms with van der Waals surface area (Å²) in [5.74, 6) is -0.907. The fourth-order valence-corrected chi connectivity index (χ4v) is 2.03. The second-order valence-corrected chi connectivity index (χ2v) is 4.60. The quantitative estimate of drug-likeness (QED) is 0.833. The van der Waals surface area contributed by atoms with E-state index in [0.29, 0.717) is 26.2 Å². The molecule has 1 saturated heterocycles. The Morgan fingerprint density at radius 2 is 2.05 bits per heavy atom. The highest BCUT2D eigenvalue weighted by molar-refractivity contribution is 5.87. The lowest BCUT2D eigenvalue weighted by Crippen LogP contribution is -2.32. The van der Waals surface area contributed by atoms with Crippen LogP contribution in [-0.4, -0.2) is 36.7 Å². The van der Waals surface area contributed by atoms with Crippen LogP contribution in [0.2, 0.25) is 0 Å². The number of nitrogens with one attached hydrogen (secondary N) is 1. The van der Waals surface area contributed by atoms with Gasteiger partial charge in [-0.05, 0) is 30.5 Å². The Labute approximate surface area is 111 Å². The SMILES string of the molecule is O=C(O)c1ccc(CCNC(=O)[C@@H]2CCOC2)cc1. The van der Waals surface area contributed by atoms with Gasteiger partial charge in [0.1, 0.15) is 0 Å². The summed E-state index contributed by atoms with van der Waals surface area (Å²) in [4.78, 5) is 22.4. The summed E-state index contributed by atoms with van der Waals surface area (Å²) in [7, 11) is 0. The molecule has 1 amide bonds. The molecule has 1 aromatic carbocycles. The molecule has 5 nitrogen and oxygen atoms in total. The first-order valence-electron chi connectivity index (χ1n) is 6.34. The van der Waals surface area contributed by atoms with Gasteiger partial charge >= 0.3 is 5.97 Å². The summed E-state index contributed by atoms with van der Waals surface area (Å²) in [5.41, 5.74) is 1.28. The van der Waals surface area contributed by atoms with Crippen LogP contribution in [0.25, 0.3) is 0 Å². The molecule has 0 aliphatic carbocycles.